The number of hydrogen-bond donors (Lipinski definition) is 1. The van der Waals surface area contributed by atoms with Gasteiger partial charge in [0.2, 0.25) is 0 Å². The molecule has 25 heavy (non-hydrogen) atoms. The lowest BCUT2D eigenvalue weighted by Gasteiger charge is -2.31. The third-order valence-electron chi connectivity index (χ3n) is 4.60. The number of nitrogens with zero attached hydrogens (tertiary/aromatic N) is 2. The summed E-state index contributed by atoms with van der Waals surface area (Å²) >= 11 is 0. The Balaban J connectivity index is 1.64. The van der Waals surface area contributed by atoms with E-state index in [1.165, 1.54) is 11.1 Å². The summed E-state index contributed by atoms with van der Waals surface area (Å²) in [6, 6.07) is 12.7. The quantitative estimate of drug-likeness (QED) is 0.875. The number of pyridine rings is 1. The van der Waals surface area contributed by atoms with Gasteiger partial charge in [-0.1, -0.05) is 24.3 Å². The zero-order valence-corrected chi connectivity index (χ0v) is 15.0. The standard InChI is InChI=1S/C20H25N3O2/c1-14(13-16-6-8-17(9-7-16)15(2)21-3)25-23-12-10-19(24)20-18(23)5-4-11-22-20/h4-9,11,14-15,21H,10,12-13H2,1-3H3. The van der Waals surface area contributed by atoms with E-state index in [1.54, 1.807) is 6.20 Å². The Morgan fingerprint density at radius 3 is 2.72 bits per heavy atom. The average Bonchev–Trinajstić information content (AvgIpc) is 2.64. The molecule has 0 bridgehead atoms. The summed E-state index contributed by atoms with van der Waals surface area (Å²) in [7, 11) is 1.96. The molecule has 1 N–H and O–H groups in total. The lowest BCUT2D eigenvalue weighted by atomic mass is 10.0. The number of fused-ring (bicyclic) bond motifs is 1. The van der Waals surface area contributed by atoms with Gasteiger partial charge in [-0.15, -0.1) is 0 Å². The minimum Gasteiger partial charge on any atom is -0.313 e. The molecule has 1 aliphatic heterocycles. The maximum atomic E-state index is 12.0. The Hall–Kier alpha value is -2.24. The molecule has 5 heteroatoms. The van der Waals surface area contributed by atoms with Crippen LogP contribution in [-0.2, 0) is 11.3 Å². The number of ketones is 1. The third-order valence-corrected chi connectivity index (χ3v) is 4.60. The molecule has 0 saturated heterocycles. The van der Waals surface area contributed by atoms with Crippen molar-refractivity contribution in [2.75, 3.05) is 18.7 Å². The molecule has 2 unspecified atom stereocenters. The molecule has 2 heterocycles. The van der Waals surface area contributed by atoms with Gasteiger partial charge in [-0.25, -0.2) is 0 Å². The van der Waals surface area contributed by atoms with Gasteiger partial charge in [-0.05, 0) is 44.2 Å². The molecule has 5 nitrogen and oxygen atoms in total. The molecule has 0 amide bonds. The van der Waals surface area contributed by atoms with Gasteiger partial charge in [-0.2, -0.15) is 0 Å². The van der Waals surface area contributed by atoms with Crippen LogP contribution in [-0.4, -0.2) is 30.5 Å². The summed E-state index contributed by atoms with van der Waals surface area (Å²) in [5.74, 6) is 0.0809. The molecule has 0 aliphatic carbocycles. The molecule has 1 aromatic carbocycles. The molecule has 0 fully saturated rings. The highest BCUT2D eigenvalue weighted by molar-refractivity contribution is 6.01. The smallest absolute Gasteiger partial charge is 0.185 e. The van der Waals surface area contributed by atoms with E-state index in [0.29, 0.717) is 24.7 Å². The lowest BCUT2D eigenvalue weighted by molar-refractivity contribution is 0.0403. The second kappa shape index (κ2) is 7.76. The molecule has 0 radical (unpaired) electrons. The molecule has 2 aromatic rings. The Morgan fingerprint density at radius 2 is 2.00 bits per heavy atom. The first kappa shape index (κ1) is 17.6. The first-order valence-corrected chi connectivity index (χ1v) is 8.77. The van der Waals surface area contributed by atoms with E-state index in [0.717, 1.165) is 12.1 Å². The first-order chi connectivity index (χ1) is 12.1. The van der Waals surface area contributed by atoms with E-state index in [1.807, 2.05) is 24.2 Å². The topological polar surface area (TPSA) is 54.5 Å². The number of Topliss-reactive ketones (excluding diaryl/α,β-unsaturated/α-hetero) is 1. The average molecular weight is 339 g/mol. The van der Waals surface area contributed by atoms with Gasteiger partial charge in [0.25, 0.3) is 0 Å². The summed E-state index contributed by atoms with van der Waals surface area (Å²) in [6.07, 6.45) is 2.91. The Bertz CT molecular complexity index is 730. The number of hydrogen-bond acceptors (Lipinski definition) is 5. The summed E-state index contributed by atoms with van der Waals surface area (Å²) in [5, 5.41) is 5.06. The van der Waals surface area contributed by atoms with Crippen LogP contribution >= 0.6 is 0 Å². The van der Waals surface area contributed by atoms with E-state index < -0.39 is 0 Å². The number of aromatic nitrogens is 1. The number of benzene rings is 1. The van der Waals surface area contributed by atoms with Gasteiger partial charge >= 0.3 is 0 Å². The van der Waals surface area contributed by atoms with Crippen molar-refractivity contribution in [2.45, 2.75) is 38.8 Å². The molecular formula is C20H25N3O2. The maximum Gasteiger partial charge on any atom is 0.185 e. The van der Waals surface area contributed by atoms with Gasteiger partial charge in [0.05, 0.1) is 18.3 Å². The fourth-order valence-corrected chi connectivity index (χ4v) is 3.06. The van der Waals surface area contributed by atoms with Crippen molar-refractivity contribution in [3.05, 3.63) is 59.4 Å². The van der Waals surface area contributed by atoms with Crippen molar-refractivity contribution in [1.82, 2.24) is 10.3 Å². The first-order valence-electron chi connectivity index (χ1n) is 8.77. The van der Waals surface area contributed by atoms with E-state index in [2.05, 4.69) is 48.4 Å². The van der Waals surface area contributed by atoms with Crippen molar-refractivity contribution in [2.24, 2.45) is 0 Å². The normalized spacial score (nSPS) is 16.4. The molecular weight excluding hydrogens is 314 g/mol. The molecule has 0 saturated carbocycles. The highest BCUT2D eigenvalue weighted by atomic mass is 16.7. The summed E-state index contributed by atoms with van der Waals surface area (Å²) in [6.45, 7) is 4.76. The zero-order chi connectivity index (χ0) is 17.8. The van der Waals surface area contributed by atoms with Gasteiger partial charge in [0.15, 0.2) is 5.78 Å². The van der Waals surface area contributed by atoms with Crippen molar-refractivity contribution < 1.29 is 9.63 Å². The van der Waals surface area contributed by atoms with Crippen LogP contribution in [0.25, 0.3) is 0 Å². The predicted molar refractivity (Wildman–Crippen MR) is 98.7 cm³/mol. The van der Waals surface area contributed by atoms with Gasteiger partial charge in [0, 0.05) is 25.1 Å². The fraction of sp³-hybridized carbons (Fsp3) is 0.400. The summed E-state index contributed by atoms with van der Waals surface area (Å²) in [4.78, 5) is 22.3. The summed E-state index contributed by atoms with van der Waals surface area (Å²) < 4.78 is 0. The number of nitrogens with one attached hydrogen (secondary N) is 1. The number of rotatable bonds is 6. The largest absolute Gasteiger partial charge is 0.313 e. The maximum absolute atomic E-state index is 12.0. The van der Waals surface area contributed by atoms with Crippen LogP contribution in [0.2, 0.25) is 0 Å². The molecule has 1 aliphatic rings. The third kappa shape index (κ3) is 4.06. The number of carbonyl (C=O) groups excluding carboxylic acids is 1. The van der Waals surface area contributed by atoms with Crippen LogP contribution in [0.5, 0.6) is 0 Å². The lowest BCUT2D eigenvalue weighted by Crippen LogP contribution is -2.36. The van der Waals surface area contributed by atoms with E-state index >= 15 is 0 Å². The van der Waals surface area contributed by atoms with E-state index in [-0.39, 0.29) is 11.9 Å². The highest BCUT2D eigenvalue weighted by Gasteiger charge is 2.25. The molecule has 2 atom stereocenters. The Labute approximate surface area is 149 Å². The zero-order valence-electron chi connectivity index (χ0n) is 15.0. The minimum absolute atomic E-state index is 0.00818. The molecule has 0 spiro atoms. The van der Waals surface area contributed by atoms with Crippen molar-refractivity contribution in [3.63, 3.8) is 0 Å². The van der Waals surface area contributed by atoms with E-state index in [9.17, 15) is 4.79 Å². The highest BCUT2D eigenvalue weighted by Crippen LogP contribution is 2.26. The minimum atomic E-state index is 0.00818. The van der Waals surface area contributed by atoms with Gasteiger partial charge < -0.3 is 5.32 Å². The Kier molecular flexibility index (Phi) is 5.46. The van der Waals surface area contributed by atoms with E-state index in [4.69, 9.17) is 4.84 Å². The molecule has 132 valence electrons. The number of anilines is 1. The van der Waals surface area contributed by atoms with Crippen molar-refractivity contribution in [1.29, 1.82) is 0 Å². The Morgan fingerprint density at radius 1 is 1.24 bits per heavy atom. The number of hydroxylamine groups is 1. The van der Waals surface area contributed by atoms with Crippen molar-refractivity contribution >= 4 is 11.5 Å². The predicted octanol–water partition coefficient (Wildman–Crippen LogP) is 3.32. The SMILES string of the molecule is CNC(C)c1ccc(CC(C)ON2CCC(=O)c3ncccc32)cc1. The van der Waals surface area contributed by atoms with Crippen LogP contribution in [0, 0.1) is 0 Å². The second-order valence-electron chi connectivity index (χ2n) is 6.52. The van der Waals surface area contributed by atoms with Crippen LogP contribution in [0.4, 0.5) is 5.69 Å². The second-order valence-corrected chi connectivity index (χ2v) is 6.52. The molecule has 1 aromatic heterocycles. The van der Waals surface area contributed by atoms with Crippen LogP contribution in [0.3, 0.4) is 0 Å². The van der Waals surface area contributed by atoms with Gasteiger partial charge in [-0.3, -0.25) is 19.7 Å². The fourth-order valence-electron chi connectivity index (χ4n) is 3.06. The monoisotopic (exact) mass is 339 g/mol. The van der Waals surface area contributed by atoms with Crippen LogP contribution in [0.15, 0.2) is 42.6 Å². The van der Waals surface area contributed by atoms with Crippen LogP contribution < -0.4 is 10.4 Å². The van der Waals surface area contributed by atoms with Crippen LogP contribution in [0.1, 0.15) is 47.9 Å². The molecule has 3 rings (SSSR count). The van der Waals surface area contributed by atoms with Crippen molar-refractivity contribution in [3.8, 4) is 0 Å². The number of carbonyl (C=O) groups is 1. The van der Waals surface area contributed by atoms with Gasteiger partial charge in [0.1, 0.15) is 5.69 Å². The summed E-state index contributed by atoms with van der Waals surface area (Å²) in [5.41, 5.74) is 3.78.